The number of likely N-dealkylation sites (tertiary alicyclic amines) is 1. The van der Waals surface area contributed by atoms with Gasteiger partial charge in [-0.1, -0.05) is 27.7 Å². The molecule has 0 aliphatic carbocycles. The number of piperidine rings is 1. The number of nitrogens with zero attached hydrogens (tertiary/aromatic N) is 4. The van der Waals surface area contributed by atoms with Crippen LogP contribution in [0.3, 0.4) is 0 Å². The number of carbonyl (C=O) groups excluding carboxylic acids is 1. The van der Waals surface area contributed by atoms with Crippen LogP contribution in [0, 0.1) is 16.7 Å². The van der Waals surface area contributed by atoms with E-state index in [-0.39, 0.29) is 17.3 Å². The average Bonchev–Trinajstić information content (AvgIpc) is 2.77. The van der Waals surface area contributed by atoms with Crippen molar-refractivity contribution in [3.05, 3.63) is 0 Å². The molecular weight excluding hydrogens is 424 g/mol. The van der Waals surface area contributed by atoms with Crippen LogP contribution in [0.2, 0.25) is 0 Å². The first-order valence-corrected chi connectivity index (χ1v) is 11.9. The summed E-state index contributed by atoms with van der Waals surface area (Å²) in [6, 6.07) is 1.55. The maximum Gasteiger partial charge on any atom is 0.411 e. The number of carbonyl (C=O) groups is 2. The molecule has 2 heterocycles. The van der Waals surface area contributed by atoms with Crippen molar-refractivity contribution >= 4 is 18.0 Å². The lowest BCUT2D eigenvalue weighted by Gasteiger charge is -2.38. The van der Waals surface area contributed by atoms with Crippen LogP contribution in [0.25, 0.3) is 0 Å². The van der Waals surface area contributed by atoms with E-state index in [1.54, 1.807) is 4.90 Å². The lowest BCUT2D eigenvalue weighted by Crippen LogP contribution is -2.57. The van der Waals surface area contributed by atoms with E-state index in [0.717, 1.165) is 32.5 Å². The van der Waals surface area contributed by atoms with Crippen LogP contribution in [0.15, 0.2) is 4.99 Å². The number of nitriles is 1. The lowest BCUT2D eigenvalue weighted by atomic mass is 9.86. The van der Waals surface area contributed by atoms with Gasteiger partial charge in [-0.2, -0.15) is 5.26 Å². The maximum atomic E-state index is 13.4. The second-order valence-corrected chi connectivity index (χ2v) is 10.1. The Labute approximate surface area is 197 Å². The van der Waals surface area contributed by atoms with Crippen molar-refractivity contribution in [1.82, 2.24) is 20.4 Å². The number of aliphatic imine (C=N–C) groups is 1. The molecule has 0 saturated carbocycles. The Morgan fingerprint density at radius 1 is 1.21 bits per heavy atom. The summed E-state index contributed by atoms with van der Waals surface area (Å²) in [5.41, 5.74) is -0.942. The predicted octanol–water partition coefficient (Wildman–Crippen LogP) is 2.02. The molecule has 0 bridgehead atoms. The number of morpholine rings is 1. The fraction of sp³-hybridized carbons (Fsp3) is 0.826. The first kappa shape index (κ1) is 26.9. The molecule has 10 nitrogen and oxygen atoms in total. The van der Waals surface area contributed by atoms with Gasteiger partial charge in [0.05, 0.1) is 19.3 Å². The number of rotatable bonds is 7. The van der Waals surface area contributed by atoms with Gasteiger partial charge in [-0.15, -0.1) is 0 Å². The van der Waals surface area contributed by atoms with Crippen LogP contribution in [-0.2, 0) is 9.53 Å². The van der Waals surface area contributed by atoms with Crippen molar-refractivity contribution in [2.75, 3.05) is 45.9 Å². The molecule has 2 aliphatic rings. The summed E-state index contributed by atoms with van der Waals surface area (Å²) in [4.78, 5) is 33.5. The Bertz CT molecular complexity index is 728. The Kier molecular flexibility index (Phi) is 9.92. The number of hydrogen-bond acceptors (Lipinski definition) is 6. The summed E-state index contributed by atoms with van der Waals surface area (Å²) < 4.78 is 5.36. The lowest BCUT2D eigenvalue weighted by molar-refractivity contribution is -0.124. The molecule has 0 radical (unpaired) electrons. The summed E-state index contributed by atoms with van der Waals surface area (Å²) in [6.07, 6.45) is 2.13. The molecule has 2 fully saturated rings. The summed E-state index contributed by atoms with van der Waals surface area (Å²) in [7, 11) is 0. The van der Waals surface area contributed by atoms with Crippen molar-refractivity contribution in [3.8, 4) is 6.07 Å². The standard InChI is InChI=1S/C23H40N6O4/c1-5-10-28-11-8-23(17-24,9-12-28)27-19(30)18(6-7-22(2,3)4)25-20(26-21(31)32)29-13-15-33-16-14-29/h18H,5-16H2,1-4H3,(H,25,26)(H,27,30)(H,31,32). The van der Waals surface area contributed by atoms with Crippen molar-refractivity contribution in [3.63, 3.8) is 0 Å². The largest absolute Gasteiger partial charge is 0.465 e. The van der Waals surface area contributed by atoms with Crippen molar-refractivity contribution in [2.24, 2.45) is 10.4 Å². The number of carboxylic acid groups (broad SMARTS) is 1. The highest BCUT2D eigenvalue weighted by Crippen LogP contribution is 2.25. The number of hydrogen-bond donors (Lipinski definition) is 3. The Morgan fingerprint density at radius 2 is 1.85 bits per heavy atom. The molecule has 0 aromatic rings. The van der Waals surface area contributed by atoms with Gasteiger partial charge in [-0.25, -0.2) is 9.79 Å². The van der Waals surface area contributed by atoms with Crippen molar-refractivity contribution in [2.45, 2.75) is 71.4 Å². The van der Waals surface area contributed by atoms with E-state index in [1.165, 1.54) is 0 Å². The Hall–Kier alpha value is -2.38. The van der Waals surface area contributed by atoms with Crippen molar-refractivity contribution in [1.29, 1.82) is 5.26 Å². The van der Waals surface area contributed by atoms with Gasteiger partial charge in [-0.3, -0.25) is 10.1 Å². The highest BCUT2D eigenvalue weighted by molar-refractivity contribution is 5.95. The summed E-state index contributed by atoms with van der Waals surface area (Å²) >= 11 is 0. The van der Waals surface area contributed by atoms with E-state index in [2.05, 4.69) is 54.3 Å². The van der Waals surface area contributed by atoms with Crippen LogP contribution in [0.5, 0.6) is 0 Å². The fourth-order valence-corrected chi connectivity index (χ4v) is 4.09. The van der Waals surface area contributed by atoms with Crippen LogP contribution in [0.4, 0.5) is 4.79 Å². The molecule has 2 amide bonds. The van der Waals surface area contributed by atoms with Crippen LogP contribution in [0.1, 0.15) is 59.8 Å². The number of amides is 2. The maximum absolute atomic E-state index is 13.4. The molecule has 186 valence electrons. The fourth-order valence-electron chi connectivity index (χ4n) is 4.09. The van der Waals surface area contributed by atoms with Crippen LogP contribution >= 0.6 is 0 Å². The molecular formula is C23H40N6O4. The molecule has 2 aliphatic heterocycles. The Morgan fingerprint density at radius 3 is 2.36 bits per heavy atom. The monoisotopic (exact) mass is 464 g/mol. The predicted molar refractivity (Wildman–Crippen MR) is 126 cm³/mol. The SMILES string of the molecule is CCCN1CCC(C#N)(NC(=O)C(CCC(C)(C)C)N=C(NC(=O)O)N2CCOCC2)CC1. The van der Waals surface area contributed by atoms with Crippen molar-refractivity contribution < 1.29 is 19.4 Å². The van der Waals surface area contributed by atoms with Gasteiger partial charge in [0.2, 0.25) is 11.9 Å². The minimum Gasteiger partial charge on any atom is -0.465 e. The molecule has 0 aromatic heterocycles. The normalized spacial score (nSPS) is 20.6. The minimum absolute atomic E-state index is 0.0220. The summed E-state index contributed by atoms with van der Waals surface area (Å²) in [5, 5.41) is 24.6. The third kappa shape index (κ3) is 8.82. The average molecular weight is 465 g/mol. The molecule has 0 aromatic carbocycles. The van der Waals surface area contributed by atoms with Gasteiger partial charge in [-0.05, 0) is 44.1 Å². The number of nitrogens with one attached hydrogen (secondary N) is 2. The first-order valence-electron chi connectivity index (χ1n) is 11.9. The molecule has 1 atom stereocenters. The third-order valence-electron chi connectivity index (χ3n) is 6.10. The van der Waals surface area contributed by atoms with E-state index in [1.807, 2.05) is 0 Å². The third-order valence-corrected chi connectivity index (χ3v) is 6.10. The van der Waals surface area contributed by atoms with Gasteiger partial charge in [0, 0.05) is 26.2 Å². The quantitative estimate of drug-likeness (QED) is 0.388. The van der Waals surface area contributed by atoms with E-state index < -0.39 is 17.7 Å². The highest BCUT2D eigenvalue weighted by Gasteiger charge is 2.38. The van der Waals surface area contributed by atoms with Crippen LogP contribution < -0.4 is 10.6 Å². The highest BCUT2D eigenvalue weighted by atomic mass is 16.5. The first-order chi connectivity index (χ1) is 15.6. The summed E-state index contributed by atoms with van der Waals surface area (Å²) in [5.74, 6) is -0.175. The minimum atomic E-state index is -1.23. The van der Waals surface area contributed by atoms with Gasteiger partial charge in [0.25, 0.3) is 0 Å². The smallest absolute Gasteiger partial charge is 0.411 e. The van der Waals surface area contributed by atoms with Gasteiger partial charge >= 0.3 is 6.09 Å². The number of ether oxygens (including phenoxy) is 1. The van der Waals surface area contributed by atoms with E-state index in [9.17, 15) is 20.0 Å². The van der Waals surface area contributed by atoms with E-state index in [0.29, 0.717) is 45.6 Å². The van der Waals surface area contributed by atoms with E-state index >= 15 is 0 Å². The molecule has 3 N–H and O–H groups in total. The molecule has 2 rings (SSSR count). The zero-order chi connectivity index (χ0) is 24.5. The molecule has 1 unspecified atom stereocenters. The molecule has 0 spiro atoms. The van der Waals surface area contributed by atoms with Gasteiger partial charge in [0.1, 0.15) is 11.6 Å². The summed E-state index contributed by atoms with van der Waals surface area (Å²) in [6.45, 7) is 12.8. The Balaban J connectivity index is 2.23. The van der Waals surface area contributed by atoms with Crippen LogP contribution in [-0.4, -0.2) is 90.4 Å². The van der Waals surface area contributed by atoms with Gasteiger partial charge in [0.15, 0.2) is 0 Å². The second kappa shape index (κ2) is 12.2. The topological polar surface area (TPSA) is 130 Å². The van der Waals surface area contributed by atoms with E-state index in [4.69, 9.17) is 4.74 Å². The number of guanidine groups is 1. The zero-order valence-corrected chi connectivity index (χ0v) is 20.5. The molecule has 2 saturated heterocycles. The van der Waals surface area contributed by atoms with Gasteiger partial charge < -0.3 is 25.0 Å². The molecule has 10 heteroatoms. The molecule has 33 heavy (non-hydrogen) atoms. The zero-order valence-electron chi connectivity index (χ0n) is 20.5. The second-order valence-electron chi connectivity index (χ2n) is 10.1.